The highest BCUT2D eigenvalue weighted by Crippen LogP contribution is 2.22. The highest BCUT2D eigenvalue weighted by atomic mass is 16.5. The van der Waals surface area contributed by atoms with Gasteiger partial charge in [-0.1, -0.05) is 6.92 Å². The van der Waals surface area contributed by atoms with Crippen LogP contribution in [-0.4, -0.2) is 48.7 Å². The first-order valence-electron chi connectivity index (χ1n) is 8.12. The fourth-order valence-electron chi connectivity index (χ4n) is 2.84. The van der Waals surface area contributed by atoms with Crippen molar-refractivity contribution in [3.8, 4) is 0 Å². The Kier molecular flexibility index (Phi) is 8.03. The zero-order valence-electron chi connectivity index (χ0n) is 13.7. The summed E-state index contributed by atoms with van der Waals surface area (Å²) in [5.41, 5.74) is -0.171. The van der Waals surface area contributed by atoms with Gasteiger partial charge in [0.1, 0.15) is 0 Å². The van der Waals surface area contributed by atoms with E-state index in [0.29, 0.717) is 18.3 Å². The maximum absolute atomic E-state index is 9.51. The minimum Gasteiger partial charge on any atom is -0.394 e. The molecule has 1 saturated heterocycles. The summed E-state index contributed by atoms with van der Waals surface area (Å²) < 4.78 is 11.7. The molecule has 1 aliphatic rings. The molecule has 0 amide bonds. The standard InChI is InChI=1S/C16H33NO3/c1-5-8-17-16(4,12-18)7-6-9-19-15-10-13(2)20-14(3)11-15/h13-15,17-18H,5-12H2,1-4H3. The number of nitrogens with one attached hydrogen (secondary N) is 1. The molecule has 1 fully saturated rings. The minimum absolute atomic E-state index is 0.171. The first kappa shape index (κ1) is 17.9. The minimum atomic E-state index is -0.171. The van der Waals surface area contributed by atoms with Gasteiger partial charge in [0.05, 0.1) is 24.9 Å². The van der Waals surface area contributed by atoms with Gasteiger partial charge in [-0.05, 0) is 59.4 Å². The van der Waals surface area contributed by atoms with Crippen LogP contribution < -0.4 is 5.32 Å². The Morgan fingerprint density at radius 3 is 2.50 bits per heavy atom. The lowest BCUT2D eigenvalue weighted by Crippen LogP contribution is -2.46. The van der Waals surface area contributed by atoms with Crippen LogP contribution in [0.25, 0.3) is 0 Å². The molecule has 3 unspecified atom stereocenters. The normalized spacial score (nSPS) is 30.1. The quantitative estimate of drug-likeness (QED) is 0.640. The van der Waals surface area contributed by atoms with Crippen LogP contribution in [0.2, 0.25) is 0 Å². The molecular weight excluding hydrogens is 254 g/mol. The zero-order valence-corrected chi connectivity index (χ0v) is 13.7. The molecule has 0 radical (unpaired) electrons. The maximum atomic E-state index is 9.51. The first-order valence-corrected chi connectivity index (χ1v) is 8.12. The molecule has 1 aliphatic heterocycles. The summed E-state index contributed by atoms with van der Waals surface area (Å²) in [6.07, 6.45) is 5.94. The Bertz CT molecular complexity index is 252. The smallest absolute Gasteiger partial charge is 0.0624 e. The highest BCUT2D eigenvalue weighted by molar-refractivity contribution is 4.82. The van der Waals surface area contributed by atoms with Gasteiger partial charge in [0.25, 0.3) is 0 Å². The van der Waals surface area contributed by atoms with Crippen LogP contribution in [0.1, 0.15) is 59.8 Å². The number of aliphatic hydroxyl groups is 1. The van der Waals surface area contributed by atoms with Gasteiger partial charge >= 0.3 is 0 Å². The van der Waals surface area contributed by atoms with E-state index in [1.165, 1.54) is 0 Å². The van der Waals surface area contributed by atoms with Crippen molar-refractivity contribution in [1.29, 1.82) is 0 Å². The van der Waals surface area contributed by atoms with Gasteiger partial charge in [-0.25, -0.2) is 0 Å². The Morgan fingerprint density at radius 1 is 1.30 bits per heavy atom. The molecule has 120 valence electrons. The monoisotopic (exact) mass is 287 g/mol. The van der Waals surface area contributed by atoms with Crippen LogP contribution in [-0.2, 0) is 9.47 Å². The van der Waals surface area contributed by atoms with Gasteiger partial charge in [0, 0.05) is 12.1 Å². The molecule has 0 aromatic carbocycles. The highest BCUT2D eigenvalue weighted by Gasteiger charge is 2.25. The summed E-state index contributed by atoms with van der Waals surface area (Å²) in [6, 6.07) is 0. The van der Waals surface area contributed by atoms with Crippen molar-refractivity contribution in [2.45, 2.75) is 83.6 Å². The molecule has 0 aromatic heterocycles. The molecule has 0 aliphatic carbocycles. The van der Waals surface area contributed by atoms with E-state index >= 15 is 0 Å². The van der Waals surface area contributed by atoms with Gasteiger partial charge in [-0.3, -0.25) is 0 Å². The first-order chi connectivity index (χ1) is 9.49. The van der Waals surface area contributed by atoms with E-state index in [9.17, 15) is 5.11 Å². The lowest BCUT2D eigenvalue weighted by molar-refractivity contribution is -0.102. The summed E-state index contributed by atoms with van der Waals surface area (Å²) in [5.74, 6) is 0. The van der Waals surface area contributed by atoms with Gasteiger partial charge in [-0.2, -0.15) is 0 Å². The van der Waals surface area contributed by atoms with Gasteiger partial charge in [-0.15, -0.1) is 0 Å². The third-order valence-corrected chi connectivity index (χ3v) is 4.03. The van der Waals surface area contributed by atoms with E-state index in [4.69, 9.17) is 9.47 Å². The topological polar surface area (TPSA) is 50.7 Å². The molecule has 2 N–H and O–H groups in total. The zero-order chi connectivity index (χ0) is 15.0. The lowest BCUT2D eigenvalue weighted by atomic mass is 9.96. The number of rotatable bonds is 9. The van der Waals surface area contributed by atoms with E-state index < -0.39 is 0 Å². The van der Waals surface area contributed by atoms with Crippen LogP contribution >= 0.6 is 0 Å². The van der Waals surface area contributed by atoms with Crippen molar-refractivity contribution in [3.05, 3.63) is 0 Å². The number of aliphatic hydroxyl groups excluding tert-OH is 1. The molecule has 0 spiro atoms. The lowest BCUT2D eigenvalue weighted by Gasteiger charge is -2.33. The largest absolute Gasteiger partial charge is 0.394 e. The molecule has 4 nitrogen and oxygen atoms in total. The van der Waals surface area contributed by atoms with Gasteiger partial charge in [0.2, 0.25) is 0 Å². The molecule has 0 saturated carbocycles. The molecular formula is C16H33NO3. The van der Waals surface area contributed by atoms with E-state index in [1.54, 1.807) is 0 Å². The average molecular weight is 287 g/mol. The average Bonchev–Trinajstić information content (AvgIpc) is 2.40. The second-order valence-electron chi connectivity index (χ2n) is 6.47. The predicted molar refractivity (Wildman–Crippen MR) is 82.0 cm³/mol. The van der Waals surface area contributed by atoms with Crippen LogP contribution in [0.4, 0.5) is 0 Å². The number of ether oxygens (including phenoxy) is 2. The van der Waals surface area contributed by atoms with Crippen molar-refractivity contribution in [1.82, 2.24) is 5.32 Å². The molecule has 0 aromatic rings. The summed E-state index contributed by atoms with van der Waals surface area (Å²) in [7, 11) is 0. The third kappa shape index (κ3) is 6.53. The van der Waals surface area contributed by atoms with Crippen molar-refractivity contribution in [2.24, 2.45) is 0 Å². The summed E-state index contributed by atoms with van der Waals surface area (Å²) in [5, 5.41) is 12.9. The molecule has 1 heterocycles. The van der Waals surface area contributed by atoms with Gasteiger partial charge in [0.15, 0.2) is 0 Å². The van der Waals surface area contributed by atoms with Crippen LogP contribution in [0.15, 0.2) is 0 Å². The third-order valence-electron chi connectivity index (χ3n) is 4.03. The van der Waals surface area contributed by atoms with Crippen LogP contribution in [0, 0.1) is 0 Å². The summed E-state index contributed by atoms with van der Waals surface area (Å²) in [4.78, 5) is 0. The van der Waals surface area contributed by atoms with Crippen LogP contribution in [0.5, 0.6) is 0 Å². The Labute approximate surface area is 124 Å². The maximum Gasteiger partial charge on any atom is 0.0624 e. The second-order valence-corrected chi connectivity index (χ2v) is 6.47. The van der Waals surface area contributed by atoms with Crippen molar-refractivity contribution in [3.63, 3.8) is 0 Å². The molecule has 20 heavy (non-hydrogen) atoms. The van der Waals surface area contributed by atoms with E-state index in [1.807, 2.05) is 0 Å². The van der Waals surface area contributed by atoms with Crippen LogP contribution in [0.3, 0.4) is 0 Å². The van der Waals surface area contributed by atoms with Gasteiger partial charge < -0.3 is 19.9 Å². The van der Waals surface area contributed by atoms with E-state index in [0.717, 1.165) is 45.3 Å². The SMILES string of the molecule is CCCNC(C)(CO)CCCOC1CC(C)OC(C)C1. The van der Waals surface area contributed by atoms with Crippen molar-refractivity contribution >= 4 is 0 Å². The second kappa shape index (κ2) is 8.98. The Balaban J connectivity index is 2.19. The number of hydrogen-bond donors (Lipinski definition) is 2. The fourth-order valence-corrected chi connectivity index (χ4v) is 2.84. The van der Waals surface area contributed by atoms with Crippen molar-refractivity contribution in [2.75, 3.05) is 19.8 Å². The van der Waals surface area contributed by atoms with E-state index in [2.05, 4.69) is 33.0 Å². The molecule has 0 bridgehead atoms. The molecule has 1 rings (SSSR count). The molecule has 4 heteroatoms. The fraction of sp³-hybridized carbons (Fsp3) is 1.00. The Hall–Kier alpha value is -0.160. The van der Waals surface area contributed by atoms with E-state index in [-0.39, 0.29) is 12.1 Å². The summed E-state index contributed by atoms with van der Waals surface area (Å²) >= 11 is 0. The predicted octanol–water partition coefficient (Wildman–Crippen LogP) is 2.49. The Morgan fingerprint density at radius 2 is 1.95 bits per heavy atom. The summed E-state index contributed by atoms with van der Waals surface area (Å²) in [6.45, 7) is 10.4. The van der Waals surface area contributed by atoms with Crippen molar-refractivity contribution < 1.29 is 14.6 Å². The molecule has 3 atom stereocenters. The number of hydrogen-bond acceptors (Lipinski definition) is 4.